The zero-order chi connectivity index (χ0) is 12.1. The van der Waals surface area contributed by atoms with Gasteiger partial charge in [0.25, 0.3) is 0 Å². The third-order valence-corrected chi connectivity index (χ3v) is 4.41. The Morgan fingerprint density at radius 2 is 2.22 bits per heavy atom. The average molecular weight is 236 g/mol. The van der Waals surface area contributed by atoms with Gasteiger partial charge in [0.15, 0.2) is 12.7 Å². The molecule has 2 unspecified atom stereocenters. The monoisotopic (exact) mass is 236 g/mol. The van der Waals surface area contributed by atoms with E-state index in [1.54, 1.807) is 5.57 Å². The molecule has 1 heteroatoms. The van der Waals surface area contributed by atoms with Gasteiger partial charge in [-0.15, -0.1) is 0 Å². The first-order chi connectivity index (χ1) is 8.83. The van der Waals surface area contributed by atoms with E-state index in [2.05, 4.69) is 54.1 Å². The Balaban J connectivity index is 2.04. The van der Waals surface area contributed by atoms with Crippen LogP contribution in [0.15, 0.2) is 30.5 Å². The van der Waals surface area contributed by atoms with Crippen LogP contribution in [0.1, 0.15) is 25.5 Å². The van der Waals surface area contributed by atoms with E-state index < -0.39 is 0 Å². The molecule has 3 aliphatic rings. The first-order valence-electron chi connectivity index (χ1n) is 6.94. The number of allylic oxidation sites excluding steroid dienone is 4. The van der Waals surface area contributed by atoms with Crippen LogP contribution in [0.4, 0.5) is 0 Å². The standard InChI is InChI=1S/C17H18N/c1-12-6-7-16-13(10-12)8-9-18-11-14-4-2-3-5-15(14)17(16)18/h2-3,5,7-10,12,14H,4,6,11H2,1H3/q+1. The van der Waals surface area contributed by atoms with Crippen LogP contribution in [0.25, 0.3) is 17.7 Å². The second-order valence-electron chi connectivity index (χ2n) is 5.75. The summed E-state index contributed by atoms with van der Waals surface area (Å²) in [5.74, 6) is 1.38. The summed E-state index contributed by atoms with van der Waals surface area (Å²) in [6.45, 7) is 3.45. The van der Waals surface area contributed by atoms with Crippen molar-refractivity contribution in [2.45, 2.75) is 26.3 Å². The van der Waals surface area contributed by atoms with Crippen molar-refractivity contribution in [3.63, 3.8) is 0 Å². The highest BCUT2D eigenvalue weighted by atomic mass is 15.0. The molecule has 90 valence electrons. The summed E-state index contributed by atoms with van der Waals surface area (Å²) in [6, 6.07) is 2.29. The predicted octanol–water partition coefficient (Wildman–Crippen LogP) is 1.55. The molecule has 0 aromatic carbocycles. The molecular formula is C17H18N+. The summed E-state index contributed by atoms with van der Waals surface area (Å²) in [5.41, 5.74) is 3.03. The Morgan fingerprint density at radius 3 is 3.17 bits per heavy atom. The number of hydrogen-bond acceptors (Lipinski definition) is 0. The van der Waals surface area contributed by atoms with E-state index >= 15 is 0 Å². The van der Waals surface area contributed by atoms with Gasteiger partial charge in [0.05, 0.1) is 5.92 Å². The van der Waals surface area contributed by atoms with E-state index in [0.717, 1.165) is 6.54 Å². The van der Waals surface area contributed by atoms with Crippen molar-refractivity contribution in [2.24, 2.45) is 11.8 Å². The second-order valence-corrected chi connectivity index (χ2v) is 5.75. The normalized spacial score (nSPS) is 27.5. The summed E-state index contributed by atoms with van der Waals surface area (Å²) in [4.78, 5) is 0. The number of hydrogen-bond donors (Lipinski definition) is 0. The molecule has 0 radical (unpaired) electrons. The summed E-state index contributed by atoms with van der Waals surface area (Å²) in [7, 11) is 0. The van der Waals surface area contributed by atoms with Crippen molar-refractivity contribution >= 4 is 17.7 Å². The maximum Gasteiger partial charge on any atom is 0.216 e. The fourth-order valence-electron chi connectivity index (χ4n) is 3.50. The van der Waals surface area contributed by atoms with Crippen LogP contribution in [0.2, 0.25) is 0 Å². The third-order valence-electron chi connectivity index (χ3n) is 4.41. The number of nitrogens with zero attached hydrogens (tertiary/aromatic N) is 1. The predicted molar refractivity (Wildman–Crippen MR) is 73.8 cm³/mol. The lowest BCUT2D eigenvalue weighted by atomic mass is 9.90. The number of rotatable bonds is 0. The Hall–Kier alpha value is -1.63. The molecule has 1 nitrogen and oxygen atoms in total. The van der Waals surface area contributed by atoms with Crippen LogP contribution in [-0.4, -0.2) is 0 Å². The van der Waals surface area contributed by atoms with Crippen LogP contribution in [0, 0.1) is 11.8 Å². The zero-order valence-corrected chi connectivity index (χ0v) is 10.8. The molecule has 0 saturated heterocycles. The highest BCUT2D eigenvalue weighted by Gasteiger charge is 2.35. The molecule has 18 heavy (non-hydrogen) atoms. The lowest BCUT2D eigenvalue weighted by molar-refractivity contribution is -0.694. The van der Waals surface area contributed by atoms with Gasteiger partial charge in [-0.1, -0.05) is 37.3 Å². The molecule has 4 rings (SSSR count). The van der Waals surface area contributed by atoms with Crippen molar-refractivity contribution in [1.29, 1.82) is 0 Å². The maximum absolute atomic E-state index is 2.45. The van der Waals surface area contributed by atoms with E-state index in [-0.39, 0.29) is 0 Å². The van der Waals surface area contributed by atoms with E-state index in [0.29, 0.717) is 11.8 Å². The highest BCUT2D eigenvalue weighted by molar-refractivity contribution is 5.68. The van der Waals surface area contributed by atoms with Gasteiger partial charge in [-0.2, -0.15) is 4.57 Å². The quantitative estimate of drug-likeness (QED) is 0.602. The molecule has 0 spiro atoms. The zero-order valence-electron chi connectivity index (χ0n) is 10.8. The number of pyridine rings is 1. The van der Waals surface area contributed by atoms with E-state index in [1.807, 2.05) is 0 Å². The molecule has 1 aromatic rings. The fraction of sp³-hybridized carbons (Fsp3) is 0.353. The Bertz CT molecular complexity index is 691. The van der Waals surface area contributed by atoms with E-state index in [1.165, 1.54) is 29.0 Å². The lowest BCUT2D eigenvalue weighted by Crippen LogP contribution is -2.45. The largest absolute Gasteiger partial charge is 0.216 e. The van der Waals surface area contributed by atoms with Gasteiger partial charge >= 0.3 is 0 Å². The topological polar surface area (TPSA) is 3.88 Å². The van der Waals surface area contributed by atoms with Crippen LogP contribution >= 0.6 is 0 Å². The van der Waals surface area contributed by atoms with Gasteiger partial charge in [0, 0.05) is 16.9 Å². The molecule has 1 aromatic heterocycles. The van der Waals surface area contributed by atoms with Gasteiger partial charge in [-0.3, -0.25) is 0 Å². The van der Waals surface area contributed by atoms with Crippen LogP contribution in [0.3, 0.4) is 0 Å². The van der Waals surface area contributed by atoms with E-state index in [4.69, 9.17) is 0 Å². The van der Waals surface area contributed by atoms with Crippen LogP contribution in [-0.2, 0) is 6.54 Å². The minimum atomic E-state index is 0.679. The van der Waals surface area contributed by atoms with Crippen molar-refractivity contribution in [2.75, 3.05) is 0 Å². The maximum atomic E-state index is 2.45. The minimum Gasteiger partial charge on any atom is -0.197 e. The van der Waals surface area contributed by atoms with E-state index in [9.17, 15) is 0 Å². The highest BCUT2D eigenvalue weighted by Crippen LogP contribution is 2.30. The van der Waals surface area contributed by atoms with Gasteiger partial charge in [-0.25, -0.2) is 0 Å². The SMILES string of the molecule is CC1C=c2cc[n+]3c(c2=CC1)C1=CC=CCC1C3. The van der Waals surface area contributed by atoms with Crippen LogP contribution in [0.5, 0.6) is 0 Å². The molecule has 0 N–H and O–H groups in total. The molecule has 1 aliphatic heterocycles. The number of aromatic nitrogens is 1. The Kier molecular flexibility index (Phi) is 2.11. The Morgan fingerprint density at radius 1 is 1.28 bits per heavy atom. The average Bonchev–Trinajstić information content (AvgIpc) is 2.77. The summed E-state index contributed by atoms with van der Waals surface area (Å²) < 4.78 is 2.45. The van der Waals surface area contributed by atoms with Crippen molar-refractivity contribution < 1.29 is 4.57 Å². The summed E-state index contributed by atoms with van der Waals surface area (Å²) >= 11 is 0. The molecular weight excluding hydrogens is 218 g/mol. The minimum absolute atomic E-state index is 0.679. The van der Waals surface area contributed by atoms with Crippen molar-refractivity contribution in [3.8, 4) is 0 Å². The molecule has 0 bridgehead atoms. The van der Waals surface area contributed by atoms with Crippen molar-refractivity contribution in [1.82, 2.24) is 0 Å². The summed E-state index contributed by atoms with van der Waals surface area (Å²) in [6.07, 6.45) is 16.3. The third kappa shape index (κ3) is 1.37. The molecule has 2 aliphatic carbocycles. The van der Waals surface area contributed by atoms with Gasteiger partial charge in [0.2, 0.25) is 5.69 Å². The van der Waals surface area contributed by atoms with Crippen LogP contribution < -0.4 is 15.0 Å². The summed E-state index contributed by atoms with van der Waals surface area (Å²) in [5, 5.41) is 2.90. The van der Waals surface area contributed by atoms with Gasteiger partial charge in [0.1, 0.15) is 0 Å². The molecule has 0 amide bonds. The number of fused-ring (bicyclic) bond motifs is 5. The molecule has 2 heterocycles. The first kappa shape index (κ1) is 10.3. The smallest absolute Gasteiger partial charge is 0.197 e. The first-order valence-corrected chi connectivity index (χ1v) is 6.94. The molecule has 0 saturated carbocycles. The molecule has 0 fully saturated rings. The Labute approximate surface area is 107 Å². The van der Waals surface area contributed by atoms with Gasteiger partial charge < -0.3 is 0 Å². The molecule has 2 atom stereocenters. The lowest BCUT2D eigenvalue weighted by Gasteiger charge is -2.09. The van der Waals surface area contributed by atoms with Crippen molar-refractivity contribution in [3.05, 3.63) is 46.6 Å². The van der Waals surface area contributed by atoms with Gasteiger partial charge in [-0.05, 0) is 24.0 Å². The second kappa shape index (κ2) is 3.68. The fourth-order valence-corrected chi connectivity index (χ4v) is 3.50.